The lowest BCUT2D eigenvalue weighted by Gasteiger charge is -2.36. The third-order valence-electron chi connectivity index (χ3n) is 4.50. The number of nitro benzene ring substituents is 1. The molecular weight excluding hydrogens is 294 g/mol. The van der Waals surface area contributed by atoms with Crippen LogP contribution in [-0.2, 0) is 13.6 Å². The van der Waals surface area contributed by atoms with Gasteiger partial charge in [0, 0.05) is 57.3 Å². The van der Waals surface area contributed by atoms with E-state index in [9.17, 15) is 10.1 Å². The summed E-state index contributed by atoms with van der Waals surface area (Å²) in [6.07, 6.45) is 3.75. The molecule has 0 saturated carbocycles. The molecule has 0 spiro atoms. The number of hydrogen-bond donors (Lipinski definition) is 1. The van der Waals surface area contributed by atoms with Crippen molar-refractivity contribution in [1.29, 1.82) is 0 Å². The number of aryl methyl sites for hydroxylation is 1. The highest BCUT2D eigenvalue weighted by atomic mass is 16.6. The maximum atomic E-state index is 11.1. The number of piperazine rings is 1. The average molecular weight is 315 g/mol. The molecule has 122 valence electrons. The van der Waals surface area contributed by atoms with Crippen LogP contribution in [0.3, 0.4) is 0 Å². The largest absolute Gasteiger partial charge is 0.337 e. The van der Waals surface area contributed by atoms with Crippen molar-refractivity contribution < 1.29 is 4.92 Å². The van der Waals surface area contributed by atoms with E-state index in [1.807, 2.05) is 30.8 Å². The fourth-order valence-electron chi connectivity index (χ4n) is 3.15. The van der Waals surface area contributed by atoms with Gasteiger partial charge >= 0.3 is 0 Å². The van der Waals surface area contributed by atoms with Crippen molar-refractivity contribution in [2.75, 3.05) is 19.6 Å². The molecule has 7 heteroatoms. The summed E-state index contributed by atoms with van der Waals surface area (Å²) in [5, 5.41) is 14.5. The Morgan fingerprint density at radius 1 is 1.48 bits per heavy atom. The Kier molecular flexibility index (Phi) is 4.40. The molecule has 1 aliphatic heterocycles. The van der Waals surface area contributed by atoms with Crippen molar-refractivity contribution >= 4 is 5.69 Å². The van der Waals surface area contributed by atoms with Crippen molar-refractivity contribution in [3.05, 3.63) is 57.7 Å². The van der Waals surface area contributed by atoms with Crippen LogP contribution in [0.15, 0.2) is 30.6 Å². The Morgan fingerprint density at radius 3 is 3.00 bits per heavy atom. The van der Waals surface area contributed by atoms with Crippen molar-refractivity contribution in [3.63, 3.8) is 0 Å². The molecule has 0 amide bonds. The second-order valence-electron chi connectivity index (χ2n) is 5.91. The van der Waals surface area contributed by atoms with Crippen LogP contribution in [0.5, 0.6) is 0 Å². The summed E-state index contributed by atoms with van der Waals surface area (Å²) in [5.74, 6) is 1.01. The number of imidazole rings is 1. The van der Waals surface area contributed by atoms with Crippen LogP contribution in [0.1, 0.15) is 23.0 Å². The number of nitrogens with one attached hydrogen (secondary N) is 1. The molecule has 0 bridgehead atoms. The molecule has 3 rings (SSSR count). The number of aromatic nitrogens is 2. The predicted molar refractivity (Wildman–Crippen MR) is 87.1 cm³/mol. The lowest BCUT2D eigenvalue weighted by Crippen LogP contribution is -2.46. The molecule has 2 heterocycles. The number of benzene rings is 1. The molecule has 1 fully saturated rings. The normalized spacial score (nSPS) is 19.0. The Morgan fingerprint density at radius 2 is 2.30 bits per heavy atom. The molecule has 1 N–H and O–H groups in total. The number of hydrogen-bond acceptors (Lipinski definition) is 5. The minimum Gasteiger partial charge on any atom is -0.337 e. The Balaban J connectivity index is 1.87. The first kappa shape index (κ1) is 15.6. The summed E-state index contributed by atoms with van der Waals surface area (Å²) in [5.41, 5.74) is 1.93. The predicted octanol–water partition coefficient (Wildman–Crippen LogP) is 1.78. The first-order valence-electron chi connectivity index (χ1n) is 7.73. The maximum absolute atomic E-state index is 11.1. The van der Waals surface area contributed by atoms with E-state index in [2.05, 4.69) is 15.2 Å². The SMILES string of the molecule is Cc1c(CN2CCNCC2c2nccn2C)cccc1[N+](=O)[O-]. The van der Waals surface area contributed by atoms with E-state index < -0.39 is 0 Å². The number of nitro groups is 1. The minimum absolute atomic E-state index is 0.169. The lowest BCUT2D eigenvalue weighted by molar-refractivity contribution is -0.385. The lowest BCUT2D eigenvalue weighted by atomic mass is 10.0. The Hall–Kier alpha value is -2.25. The van der Waals surface area contributed by atoms with Gasteiger partial charge in [-0.1, -0.05) is 12.1 Å². The van der Waals surface area contributed by atoms with Crippen molar-refractivity contribution in [2.24, 2.45) is 7.05 Å². The summed E-state index contributed by atoms with van der Waals surface area (Å²) in [6.45, 7) is 5.14. The molecule has 23 heavy (non-hydrogen) atoms. The quantitative estimate of drug-likeness (QED) is 0.687. The van der Waals surface area contributed by atoms with Crippen LogP contribution in [-0.4, -0.2) is 39.0 Å². The van der Waals surface area contributed by atoms with Crippen LogP contribution in [0.25, 0.3) is 0 Å². The molecule has 1 unspecified atom stereocenters. The molecule has 1 saturated heterocycles. The van der Waals surface area contributed by atoms with E-state index >= 15 is 0 Å². The topological polar surface area (TPSA) is 76.2 Å². The van der Waals surface area contributed by atoms with Crippen LogP contribution >= 0.6 is 0 Å². The van der Waals surface area contributed by atoms with Crippen molar-refractivity contribution in [2.45, 2.75) is 19.5 Å². The van der Waals surface area contributed by atoms with Crippen molar-refractivity contribution in [3.8, 4) is 0 Å². The van der Waals surface area contributed by atoms with Gasteiger partial charge in [0.2, 0.25) is 0 Å². The molecule has 0 radical (unpaired) electrons. The summed E-state index contributed by atoms with van der Waals surface area (Å²) in [7, 11) is 1.99. The summed E-state index contributed by atoms with van der Waals surface area (Å²) in [4.78, 5) is 17.6. The van der Waals surface area contributed by atoms with E-state index in [1.165, 1.54) is 0 Å². The monoisotopic (exact) mass is 315 g/mol. The van der Waals surface area contributed by atoms with E-state index in [-0.39, 0.29) is 16.7 Å². The van der Waals surface area contributed by atoms with E-state index in [0.717, 1.165) is 36.6 Å². The molecule has 1 aliphatic rings. The second kappa shape index (κ2) is 6.47. The highest BCUT2D eigenvalue weighted by molar-refractivity contribution is 5.44. The zero-order valence-corrected chi connectivity index (χ0v) is 13.4. The van der Waals surface area contributed by atoms with Gasteiger partial charge in [0.15, 0.2) is 0 Å². The minimum atomic E-state index is -0.313. The third-order valence-corrected chi connectivity index (χ3v) is 4.50. The van der Waals surface area contributed by atoms with Gasteiger partial charge in [0.05, 0.1) is 11.0 Å². The molecule has 2 aromatic rings. The first-order chi connectivity index (χ1) is 11.1. The van der Waals surface area contributed by atoms with Gasteiger partial charge in [-0.3, -0.25) is 15.0 Å². The smallest absolute Gasteiger partial charge is 0.272 e. The number of nitrogens with zero attached hydrogens (tertiary/aromatic N) is 4. The van der Waals surface area contributed by atoms with Gasteiger partial charge < -0.3 is 9.88 Å². The van der Waals surface area contributed by atoms with E-state index in [1.54, 1.807) is 18.3 Å². The summed E-state index contributed by atoms with van der Waals surface area (Å²) >= 11 is 0. The van der Waals surface area contributed by atoms with Gasteiger partial charge in [0.25, 0.3) is 5.69 Å². The maximum Gasteiger partial charge on any atom is 0.272 e. The fourth-order valence-corrected chi connectivity index (χ4v) is 3.15. The average Bonchev–Trinajstić information content (AvgIpc) is 2.95. The Labute approximate surface area is 135 Å². The van der Waals surface area contributed by atoms with Crippen LogP contribution in [0.4, 0.5) is 5.69 Å². The highest BCUT2D eigenvalue weighted by Crippen LogP contribution is 2.27. The zero-order valence-electron chi connectivity index (χ0n) is 13.4. The molecule has 1 aromatic carbocycles. The summed E-state index contributed by atoms with van der Waals surface area (Å²) < 4.78 is 2.03. The second-order valence-corrected chi connectivity index (χ2v) is 5.91. The van der Waals surface area contributed by atoms with E-state index in [0.29, 0.717) is 6.54 Å². The van der Waals surface area contributed by atoms with Crippen LogP contribution < -0.4 is 5.32 Å². The summed E-state index contributed by atoms with van der Waals surface area (Å²) in [6, 6.07) is 5.47. The van der Waals surface area contributed by atoms with Crippen molar-refractivity contribution in [1.82, 2.24) is 19.8 Å². The molecule has 1 aromatic heterocycles. The van der Waals surface area contributed by atoms with Gasteiger partial charge in [-0.15, -0.1) is 0 Å². The number of rotatable bonds is 4. The first-order valence-corrected chi connectivity index (χ1v) is 7.73. The third kappa shape index (κ3) is 3.11. The van der Waals surface area contributed by atoms with Crippen LogP contribution in [0, 0.1) is 17.0 Å². The molecule has 7 nitrogen and oxygen atoms in total. The highest BCUT2D eigenvalue weighted by Gasteiger charge is 2.27. The van der Waals surface area contributed by atoms with Gasteiger partial charge in [-0.2, -0.15) is 0 Å². The van der Waals surface area contributed by atoms with Gasteiger partial charge in [-0.05, 0) is 12.5 Å². The van der Waals surface area contributed by atoms with Gasteiger partial charge in [-0.25, -0.2) is 4.98 Å². The zero-order chi connectivity index (χ0) is 16.4. The van der Waals surface area contributed by atoms with Crippen LogP contribution in [0.2, 0.25) is 0 Å². The molecule has 1 atom stereocenters. The molecule has 0 aliphatic carbocycles. The standard InChI is InChI=1S/C16H21N5O2/c1-12-13(4-3-5-14(12)21(22)23)11-20-9-6-17-10-15(20)16-18-7-8-19(16)2/h3-5,7-8,15,17H,6,9-11H2,1-2H3. The van der Waals surface area contributed by atoms with E-state index in [4.69, 9.17) is 0 Å². The van der Waals surface area contributed by atoms with Gasteiger partial charge in [0.1, 0.15) is 5.82 Å². The molecular formula is C16H21N5O2. The Bertz CT molecular complexity index is 712. The fraction of sp³-hybridized carbons (Fsp3) is 0.438.